The molecule has 3 rings (SSSR count). The maximum Gasteiger partial charge on any atom is 0.205 e. The summed E-state index contributed by atoms with van der Waals surface area (Å²) >= 11 is 5.71. The van der Waals surface area contributed by atoms with Crippen LogP contribution >= 0.6 is 11.6 Å². The molecule has 2 heterocycles. The Bertz CT molecular complexity index is 789. The molecule has 108 valence electrons. The molecule has 0 unspecified atom stereocenters. The van der Waals surface area contributed by atoms with Crippen LogP contribution in [0.2, 0.25) is 5.22 Å². The Labute approximate surface area is 127 Å². The van der Waals surface area contributed by atoms with E-state index in [2.05, 4.69) is 16.5 Å². The van der Waals surface area contributed by atoms with E-state index in [1.54, 1.807) is 12.1 Å². The maximum atomic E-state index is 12.3. The van der Waals surface area contributed by atoms with Gasteiger partial charge in [-0.05, 0) is 42.3 Å². The van der Waals surface area contributed by atoms with Gasteiger partial charge < -0.3 is 8.98 Å². The van der Waals surface area contributed by atoms with E-state index in [0.717, 1.165) is 29.8 Å². The molecule has 0 radical (unpaired) electrons. The number of carbonyl (C=O) groups is 1. The molecule has 0 saturated heterocycles. The van der Waals surface area contributed by atoms with Crippen molar-refractivity contribution in [3.05, 3.63) is 53.2 Å². The van der Waals surface area contributed by atoms with Crippen molar-refractivity contribution in [2.45, 2.75) is 26.3 Å². The summed E-state index contributed by atoms with van der Waals surface area (Å²) in [6, 6.07) is 11.1. The zero-order chi connectivity index (χ0) is 14.8. The van der Waals surface area contributed by atoms with Gasteiger partial charge in [0.1, 0.15) is 5.82 Å². The van der Waals surface area contributed by atoms with Gasteiger partial charge in [-0.15, -0.1) is 0 Å². The fraction of sp³-hybridized carbons (Fsp3) is 0.250. The summed E-state index contributed by atoms with van der Waals surface area (Å²) in [7, 11) is 0. The highest BCUT2D eigenvalue weighted by Crippen LogP contribution is 2.19. The predicted octanol–water partition coefficient (Wildman–Crippen LogP) is 4.12. The van der Waals surface area contributed by atoms with Gasteiger partial charge in [-0.2, -0.15) is 0 Å². The van der Waals surface area contributed by atoms with Gasteiger partial charge >= 0.3 is 0 Å². The number of aromatic nitrogens is 2. The first-order chi connectivity index (χ1) is 10.2. The van der Waals surface area contributed by atoms with Crippen molar-refractivity contribution in [3.63, 3.8) is 0 Å². The molecule has 0 saturated carbocycles. The standard InChI is InChI=1S/C16H15ClN2O2/c1-2-9-19-12-6-4-3-5-11(12)18-16(19)10-13(20)14-7-8-15(17)21-14/h3-8H,2,9-10H2,1H3. The molecule has 0 amide bonds. The number of para-hydroxylation sites is 2. The number of rotatable bonds is 5. The van der Waals surface area contributed by atoms with Crippen LogP contribution in [-0.2, 0) is 13.0 Å². The average molecular weight is 303 g/mol. The monoisotopic (exact) mass is 302 g/mol. The average Bonchev–Trinajstić information content (AvgIpc) is 3.04. The van der Waals surface area contributed by atoms with Crippen molar-refractivity contribution in [2.24, 2.45) is 0 Å². The third kappa shape index (κ3) is 2.72. The highest BCUT2D eigenvalue weighted by atomic mass is 35.5. The van der Waals surface area contributed by atoms with Crippen molar-refractivity contribution in [2.75, 3.05) is 0 Å². The van der Waals surface area contributed by atoms with Crippen LogP contribution in [0.4, 0.5) is 0 Å². The number of ketones is 1. The number of nitrogens with zero attached hydrogens (tertiary/aromatic N) is 2. The molecule has 3 aromatic rings. The zero-order valence-corrected chi connectivity index (χ0v) is 12.4. The van der Waals surface area contributed by atoms with Crippen molar-refractivity contribution in [3.8, 4) is 0 Å². The first-order valence-corrected chi connectivity index (χ1v) is 7.29. The molecule has 0 bridgehead atoms. The van der Waals surface area contributed by atoms with Crippen molar-refractivity contribution in [1.29, 1.82) is 0 Å². The Balaban J connectivity index is 1.96. The Morgan fingerprint density at radius 1 is 1.29 bits per heavy atom. The van der Waals surface area contributed by atoms with Crippen molar-refractivity contribution in [1.82, 2.24) is 9.55 Å². The fourth-order valence-electron chi connectivity index (χ4n) is 2.43. The lowest BCUT2D eigenvalue weighted by atomic mass is 10.2. The highest BCUT2D eigenvalue weighted by molar-refractivity contribution is 6.29. The van der Waals surface area contributed by atoms with Gasteiger partial charge in [0.05, 0.1) is 17.5 Å². The topological polar surface area (TPSA) is 48.0 Å². The van der Waals surface area contributed by atoms with Crippen LogP contribution in [0.5, 0.6) is 0 Å². The van der Waals surface area contributed by atoms with E-state index in [9.17, 15) is 4.79 Å². The van der Waals surface area contributed by atoms with Gasteiger partial charge in [-0.25, -0.2) is 4.98 Å². The van der Waals surface area contributed by atoms with E-state index in [4.69, 9.17) is 16.0 Å². The van der Waals surface area contributed by atoms with Gasteiger partial charge in [-0.3, -0.25) is 4.79 Å². The Morgan fingerprint density at radius 2 is 2.10 bits per heavy atom. The van der Waals surface area contributed by atoms with Crippen LogP contribution in [-0.4, -0.2) is 15.3 Å². The largest absolute Gasteiger partial charge is 0.442 e. The normalized spacial score (nSPS) is 11.1. The van der Waals surface area contributed by atoms with Crippen LogP contribution in [0.15, 0.2) is 40.8 Å². The van der Waals surface area contributed by atoms with E-state index in [-0.39, 0.29) is 23.2 Å². The first kappa shape index (κ1) is 13.9. The fourth-order valence-corrected chi connectivity index (χ4v) is 2.57. The number of aryl methyl sites for hydroxylation is 1. The second-order valence-electron chi connectivity index (χ2n) is 4.87. The third-order valence-corrected chi connectivity index (χ3v) is 3.55. The number of furan rings is 1. The summed E-state index contributed by atoms with van der Waals surface area (Å²) < 4.78 is 7.27. The van der Waals surface area contributed by atoms with Gasteiger partial charge in [0, 0.05) is 6.54 Å². The highest BCUT2D eigenvalue weighted by Gasteiger charge is 2.17. The number of imidazole rings is 1. The summed E-state index contributed by atoms with van der Waals surface area (Å²) in [4.78, 5) is 16.8. The SMILES string of the molecule is CCCn1c(CC(=O)c2ccc(Cl)o2)nc2ccccc21. The summed E-state index contributed by atoms with van der Waals surface area (Å²) in [5.74, 6) is 0.917. The van der Waals surface area contributed by atoms with E-state index >= 15 is 0 Å². The van der Waals surface area contributed by atoms with Crippen molar-refractivity contribution < 1.29 is 9.21 Å². The molecular weight excluding hydrogens is 288 g/mol. The number of benzene rings is 1. The number of halogens is 1. The molecule has 0 N–H and O–H groups in total. The smallest absolute Gasteiger partial charge is 0.205 e. The number of hydrogen-bond acceptors (Lipinski definition) is 3. The van der Waals surface area contributed by atoms with E-state index in [1.165, 1.54) is 0 Å². The quantitative estimate of drug-likeness (QED) is 0.666. The minimum atomic E-state index is -0.116. The van der Waals surface area contributed by atoms with Crippen molar-refractivity contribution >= 4 is 28.4 Å². The Morgan fingerprint density at radius 3 is 2.81 bits per heavy atom. The van der Waals surface area contributed by atoms with Crippen LogP contribution < -0.4 is 0 Å². The molecule has 0 atom stereocenters. The lowest BCUT2D eigenvalue weighted by Gasteiger charge is -2.06. The van der Waals surface area contributed by atoms with Gasteiger partial charge in [0.15, 0.2) is 11.0 Å². The molecule has 0 fully saturated rings. The summed E-state index contributed by atoms with van der Waals surface area (Å²) in [5, 5.41) is 0.223. The van der Waals surface area contributed by atoms with E-state index in [0.29, 0.717) is 0 Å². The third-order valence-electron chi connectivity index (χ3n) is 3.35. The molecule has 0 aliphatic carbocycles. The first-order valence-electron chi connectivity index (χ1n) is 6.91. The number of carbonyl (C=O) groups excluding carboxylic acids is 1. The molecule has 0 aliphatic heterocycles. The molecule has 1 aromatic carbocycles. The molecule has 0 aliphatic rings. The summed E-state index contributed by atoms with van der Waals surface area (Å²) in [6.07, 6.45) is 1.19. The second kappa shape index (κ2) is 5.74. The Kier molecular flexibility index (Phi) is 3.80. The lowest BCUT2D eigenvalue weighted by Crippen LogP contribution is -2.10. The zero-order valence-electron chi connectivity index (χ0n) is 11.7. The molecular formula is C16H15ClN2O2. The van der Waals surface area contributed by atoms with Gasteiger partial charge in [0.25, 0.3) is 0 Å². The van der Waals surface area contributed by atoms with Crippen LogP contribution in [0.3, 0.4) is 0 Å². The number of Topliss-reactive ketones (excluding diaryl/α,β-unsaturated/α-hetero) is 1. The number of hydrogen-bond donors (Lipinski definition) is 0. The lowest BCUT2D eigenvalue weighted by molar-refractivity contribution is 0.0963. The van der Waals surface area contributed by atoms with Crippen LogP contribution in [0.25, 0.3) is 11.0 Å². The van der Waals surface area contributed by atoms with Gasteiger partial charge in [-0.1, -0.05) is 19.1 Å². The summed E-state index contributed by atoms with van der Waals surface area (Å²) in [5.41, 5.74) is 1.96. The maximum absolute atomic E-state index is 12.3. The van der Waals surface area contributed by atoms with E-state index in [1.807, 2.05) is 24.3 Å². The van der Waals surface area contributed by atoms with Gasteiger partial charge in [0.2, 0.25) is 5.78 Å². The molecule has 2 aromatic heterocycles. The molecule has 21 heavy (non-hydrogen) atoms. The summed E-state index contributed by atoms with van der Waals surface area (Å²) in [6.45, 7) is 2.94. The van der Waals surface area contributed by atoms with Crippen LogP contribution in [0, 0.1) is 0 Å². The molecule has 5 heteroatoms. The molecule has 0 spiro atoms. The predicted molar refractivity (Wildman–Crippen MR) is 81.8 cm³/mol. The molecule has 4 nitrogen and oxygen atoms in total. The Hall–Kier alpha value is -2.07. The van der Waals surface area contributed by atoms with E-state index < -0.39 is 0 Å². The van der Waals surface area contributed by atoms with Crippen LogP contribution in [0.1, 0.15) is 29.7 Å². The minimum absolute atomic E-state index is 0.116. The number of fused-ring (bicyclic) bond motifs is 1. The minimum Gasteiger partial charge on any atom is -0.442 e. The second-order valence-corrected chi connectivity index (χ2v) is 5.24.